The molecule has 0 atom stereocenters. The molecule has 1 fully saturated rings. The molecule has 0 bridgehead atoms. The maximum Gasteiger partial charge on any atom is 0.410 e. The predicted octanol–water partition coefficient (Wildman–Crippen LogP) is 4.12. The van der Waals surface area contributed by atoms with Crippen LogP contribution in [0, 0.1) is 5.92 Å². The minimum atomic E-state index is -0.563. The van der Waals surface area contributed by atoms with Crippen LogP contribution < -0.4 is 5.32 Å². The van der Waals surface area contributed by atoms with E-state index in [9.17, 15) is 14.4 Å². The zero-order valence-corrected chi connectivity index (χ0v) is 17.6. The van der Waals surface area contributed by atoms with E-state index in [1.165, 1.54) is 0 Å². The summed E-state index contributed by atoms with van der Waals surface area (Å²) in [6.45, 7) is 5.79. The van der Waals surface area contributed by atoms with Gasteiger partial charge in [-0.3, -0.25) is 9.59 Å². The van der Waals surface area contributed by atoms with Gasteiger partial charge in [-0.15, -0.1) is 0 Å². The summed E-state index contributed by atoms with van der Waals surface area (Å²) in [6, 6.07) is 4.85. The Morgan fingerprint density at radius 1 is 1.18 bits per heavy atom. The molecule has 1 aromatic carbocycles. The van der Waals surface area contributed by atoms with Gasteiger partial charge in [0.2, 0.25) is 0 Å². The lowest BCUT2D eigenvalue weighted by atomic mass is 9.97. The van der Waals surface area contributed by atoms with Gasteiger partial charge < -0.3 is 19.7 Å². The number of benzene rings is 1. The number of nitrogens with one attached hydrogen (secondary N) is 1. The number of carbonyl (C=O) groups excluding carboxylic acids is 3. The Bertz CT molecular complexity index is 740. The van der Waals surface area contributed by atoms with Gasteiger partial charge in [-0.05, 0) is 45.7 Å². The molecule has 0 spiro atoms. The van der Waals surface area contributed by atoms with Gasteiger partial charge in [-0.1, -0.05) is 29.3 Å². The highest BCUT2D eigenvalue weighted by Gasteiger charge is 2.31. The quantitative estimate of drug-likeness (QED) is 0.725. The third kappa shape index (κ3) is 6.56. The van der Waals surface area contributed by atoms with Gasteiger partial charge in [0.1, 0.15) is 5.60 Å². The van der Waals surface area contributed by atoms with Crippen LogP contribution in [0.4, 0.5) is 10.5 Å². The van der Waals surface area contributed by atoms with E-state index < -0.39 is 30.2 Å². The van der Waals surface area contributed by atoms with Crippen molar-refractivity contribution < 1.29 is 23.9 Å². The molecule has 1 saturated heterocycles. The first-order valence-electron chi connectivity index (χ1n) is 8.95. The van der Waals surface area contributed by atoms with E-state index in [4.69, 9.17) is 32.7 Å². The molecule has 0 aromatic heterocycles. The summed E-state index contributed by atoms with van der Waals surface area (Å²) < 4.78 is 10.4. The van der Waals surface area contributed by atoms with Crippen LogP contribution in [0.1, 0.15) is 33.6 Å². The summed E-state index contributed by atoms with van der Waals surface area (Å²) in [4.78, 5) is 37.8. The summed E-state index contributed by atoms with van der Waals surface area (Å²) in [5.41, 5.74) is -0.215. The van der Waals surface area contributed by atoms with Crippen molar-refractivity contribution in [3.63, 3.8) is 0 Å². The average molecular weight is 431 g/mol. The van der Waals surface area contributed by atoms with E-state index in [0.29, 0.717) is 36.6 Å². The highest BCUT2D eigenvalue weighted by molar-refractivity contribution is 6.44. The molecule has 1 heterocycles. The van der Waals surface area contributed by atoms with Crippen LogP contribution in [0.3, 0.4) is 0 Å². The number of carbonyl (C=O) groups is 3. The number of likely N-dealkylation sites (tertiary alicyclic amines) is 1. The molecule has 7 nitrogen and oxygen atoms in total. The molecule has 2 amide bonds. The van der Waals surface area contributed by atoms with Crippen LogP contribution >= 0.6 is 23.2 Å². The molecule has 0 unspecified atom stereocenters. The number of anilines is 1. The van der Waals surface area contributed by atoms with Gasteiger partial charge in [0.25, 0.3) is 5.91 Å². The highest BCUT2D eigenvalue weighted by Crippen LogP contribution is 2.29. The number of rotatable bonds is 4. The fourth-order valence-corrected chi connectivity index (χ4v) is 3.01. The van der Waals surface area contributed by atoms with E-state index in [-0.39, 0.29) is 10.9 Å². The van der Waals surface area contributed by atoms with Crippen LogP contribution in [-0.4, -0.2) is 48.2 Å². The largest absolute Gasteiger partial charge is 0.455 e. The summed E-state index contributed by atoms with van der Waals surface area (Å²) in [7, 11) is 0. The Kier molecular flexibility index (Phi) is 7.55. The van der Waals surface area contributed by atoms with Crippen molar-refractivity contribution in [3.8, 4) is 0 Å². The van der Waals surface area contributed by atoms with Crippen molar-refractivity contribution in [1.82, 2.24) is 4.90 Å². The van der Waals surface area contributed by atoms with E-state index in [0.717, 1.165) is 0 Å². The molecular formula is C19H24Cl2N2O5. The van der Waals surface area contributed by atoms with Gasteiger partial charge in [-0.2, -0.15) is 0 Å². The van der Waals surface area contributed by atoms with Gasteiger partial charge in [0.05, 0.1) is 21.7 Å². The van der Waals surface area contributed by atoms with E-state index in [1.54, 1.807) is 43.9 Å². The predicted molar refractivity (Wildman–Crippen MR) is 107 cm³/mol. The monoisotopic (exact) mass is 430 g/mol. The Morgan fingerprint density at radius 2 is 1.82 bits per heavy atom. The number of halogens is 2. The SMILES string of the molecule is CC(C)(C)OC(=O)N1CCC(C(=O)OCC(=O)Nc2cccc(Cl)c2Cl)CC1. The average Bonchev–Trinajstić information content (AvgIpc) is 2.62. The third-order valence-electron chi connectivity index (χ3n) is 4.05. The van der Waals surface area contributed by atoms with Crippen LogP contribution in [-0.2, 0) is 19.1 Å². The highest BCUT2D eigenvalue weighted by atomic mass is 35.5. The van der Waals surface area contributed by atoms with Gasteiger partial charge in [-0.25, -0.2) is 4.79 Å². The summed E-state index contributed by atoms with van der Waals surface area (Å²) in [6.07, 6.45) is 0.525. The molecule has 9 heteroatoms. The molecule has 1 aliphatic heterocycles. The fourth-order valence-electron chi connectivity index (χ4n) is 2.67. The van der Waals surface area contributed by atoms with Crippen LogP contribution in [0.2, 0.25) is 10.0 Å². The van der Waals surface area contributed by atoms with Gasteiger partial charge in [0.15, 0.2) is 6.61 Å². The van der Waals surface area contributed by atoms with Gasteiger partial charge in [0, 0.05) is 13.1 Å². The topological polar surface area (TPSA) is 84.9 Å². The summed E-state index contributed by atoms with van der Waals surface area (Å²) >= 11 is 11.9. The molecule has 2 rings (SSSR count). The molecule has 0 aliphatic carbocycles. The van der Waals surface area contributed by atoms with Crippen molar-refractivity contribution in [2.75, 3.05) is 25.0 Å². The normalized spacial score (nSPS) is 15.1. The molecule has 1 aromatic rings. The lowest BCUT2D eigenvalue weighted by Crippen LogP contribution is -2.43. The van der Waals surface area contributed by atoms with Crippen LogP contribution in [0.25, 0.3) is 0 Å². The molecule has 1 N–H and O–H groups in total. The number of amides is 2. The van der Waals surface area contributed by atoms with Crippen LogP contribution in [0.5, 0.6) is 0 Å². The number of hydrogen-bond acceptors (Lipinski definition) is 5. The van der Waals surface area contributed by atoms with Crippen molar-refractivity contribution >= 4 is 46.9 Å². The van der Waals surface area contributed by atoms with E-state index in [1.807, 2.05) is 0 Å². The zero-order chi connectivity index (χ0) is 20.9. The van der Waals surface area contributed by atoms with E-state index in [2.05, 4.69) is 5.32 Å². The number of piperidine rings is 1. The van der Waals surface area contributed by atoms with Crippen molar-refractivity contribution in [2.24, 2.45) is 5.92 Å². The molecule has 154 valence electrons. The second kappa shape index (κ2) is 9.47. The minimum Gasteiger partial charge on any atom is -0.455 e. The number of nitrogens with zero attached hydrogens (tertiary/aromatic N) is 1. The molecule has 1 aliphatic rings. The van der Waals surface area contributed by atoms with Gasteiger partial charge >= 0.3 is 12.1 Å². The third-order valence-corrected chi connectivity index (χ3v) is 4.87. The standard InChI is InChI=1S/C19H24Cl2N2O5/c1-19(2,3)28-18(26)23-9-7-12(8-10-23)17(25)27-11-15(24)22-14-6-4-5-13(20)16(14)21/h4-6,12H,7-11H2,1-3H3,(H,22,24). The number of esters is 1. The first-order chi connectivity index (χ1) is 13.1. The number of ether oxygens (including phenoxy) is 2. The Labute approximate surface area is 174 Å². The summed E-state index contributed by atoms with van der Waals surface area (Å²) in [5, 5.41) is 3.08. The smallest absolute Gasteiger partial charge is 0.410 e. The molecule has 28 heavy (non-hydrogen) atoms. The number of hydrogen-bond donors (Lipinski definition) is 1. The van der Waals surface area contributed by atoms with Crippen LogP contribution in [0.15, 0.2) is 18.2 Å². The van der Waals surface area contributed by atoms with Crippen molar-refractivity contribution in [1.29, 1.82) is 0 Å². The summed E-state index contributed by atoms with van der Waals surface area (Å²) in [5.74, 6) is -1.33. The maximum absolute atomic E-state index is 12.2. The maximum atomic E-state index is 12.2. The second-order valence-electron chi connectivity index (χ2n) is 7.50. The zero-order valence-electron chi connectivity index (χ0n) is 16.1. The lowest BCUT2D eigenvalue weighted by Gasteiger charge is -2.32. The Balaban J connectivity index is 1.76. The Morgan fingerprint density at radius 3 is 2.43 bits per heavy atom. The van der Waals surface area contributed by atoms with E-state index >= 15 is 0 Å². The molecule has 0 radical (unpaired) electrons. The fraction of sp³-hybridized carbons (Fsp3) is 0.526. The molecule has 0 saturated carbocycles. The first kappa shape index (κ1) is 22.3. The Hall–Kier alpha value is -1.99. The minimum absolute atomic E-state index is 0.221. The molecular weight excluding hydrogens is 407 g/mol. The lowest BCUT2D eigenvalue weighted by molar-refractivity contribution is -0.153. The van der Waals surface area contributed by atoms with Crippen molar-refractivity contribution in [2.45, 2.75) is 39.2 Å². The van der Waals surface area contributed by atoms with Crippen molar-refractivity contribution in [3.05, 3.63) is 28.2 Å². The second-order valence-corrected chi connectivity index (χ2v) is 8.28. The first-order valence-corrected chi connectivity index (χ1v) is 9.71.